The minimum absolute atomic E-state index is 0.236. The minimum atomic E-state index is 0.236. The van der Waals surface area contributed by atoms with Gasteiger partial charge in [-0.25, -0.2) is 0 Å². The van der Waals surface area contributed by atoms with Gasteiger partial charge in [-0.1, -0.05) is 25.5 Å². The molecule has 1 heterocycles. The number of ketones is 1. The zero-order valence-electron chi connectivity index (χ0n) is 15.4. The molecule has 1 aromatic carbocycles. The summed E-state index contributed by atoms with van der Waals surface area (Å²) in [6, 6.07) is 2.27. The first-order valence-corrected chi connectivity index (χ1v) is 8.99. The van der Waals surface area contributed by atoms with Crippen molar-refractivity contribution >= 4 is 5.78 Å². The number of aryl methyl sites for hydroxylation is 1. The van der Waals surface area contributed by atoms with E-state index >= 15 is 0 Å². The summed E-state index contributed by atoms with van der Waals surface area (Å²) in [6.07, 6.45) is 4.65. The summed E-state index contributed by atoms with van der Waals surface area (Å²) in [5.74, 6) is 3.32. The highest BCUT2D eigenvalue weighted by Crippen LogP contribution is 2.52. The Morgan fingerprint density at radius 3 is 2.71 bits per heavy atom. The van der Waals surface area contributed by atoms with Crippen molar-refractivity contribution in [2.24, 2.45) is 5.92 Å². The van der Waals surface area contributed by atoms with Gasteiger partial charge in [0.2, 0.25) is 6.79 Å². The van der Waals surface area contributed by atoms with Crippen LogP contribution < -0.4 is 9.47 Å². The van der Waals surface area contributed by atoms with Crippen molar-refractivity contribution in [3.63, 3.8) is 0 Å². The molecular formula is C21H28O3. The van der Waals surface area contributed by atoms with Crippen LogP contribution in [0.2, 0.25) is 0 Å². The van der Waals surface area contributed by atoms with E-state index in [-0.39, 0.29) is 5.78 Å². The number of allylic oxidation sites excluding steroid dienone is 2. The van der Waals surface area contributed by atoms with Gasteiger partial charge in [0.05, 0.1) is 0 Å². The molecule has 0 aromatic heterocycles. The number of benzene rings is 1. The molecule has 3 atom stereocenters. The molecular weight excluding hydrogens is 300 g/mol. The van der Waals surface area contributed by atoms with Crippen molar-refractivity contribution in [3.8, 4) is 11.5 Å². The lowest BCUT2D eigenvalue weighted by Gasteiger charge is -2.34. The summed E-state index contributed by atoms with van der Waals surface area (Å²) in [6.45, 7) is 10.8. The van der Waals surface area contributed by atoms with Crippen molar-refractivity contribution < 1.29 is 14.3 Å². The summed E-state index contributed by atoms with van der Waals surface area (Å²) in [4.78, 5) is 12.2. The molecule has 0 bridgehead atoms. The Balaban J connectivity index is 1.94. The summed E-state index contributed by atoms with van der Waals surface area (Å²) < 4.78 is 11.5. The maximum Gasteiger partial charge on any atom is 0.231 e. The van der Waals surface area contributed by atoms with Crippen molar-refractivity contribution in [1.29, 1.82) is 0 Å². The fourth-order valence-corrected chi connectivity index (χ4v) is 4.26. The second-order valence-electron chi connectivity index (χ2n) is 7.72. The van der Waals surface area contributed by atoms with E-state index in [4.69, 9.17) is 9.47 Å². The molecule has 0 spiro atoms. The Labute approximate surface area is 145 Å². The lowest BCUT2D eigenvalue weighted by atomic mass is 9.70. The summed E-state index contributed by atoms with van der Waals surface area (Å²) in [7, 11) is 0. The molecule has 0 N–H and O–H groups in total. The molecule has 1 aliphatic heterocycles. The fourth-order valence-electron chi connectivity index (χ4n) is 4.26. The molecule has 130 valence electrons. The topological polar surface area (TPSA) is 35.5 Å². The summed E-state index contributed by atoms with van der Waals surface area (Å²) >= 11 is 0. The van der Waals surface area contributed by atoms with Crippen molar-refractivity contribution in [2.75, 3.05) is 6.79 Å². The first kappa shape index (κ1) is 17.1. The van der Waals surface area contributed by atoms with Crippen molar-refractivity contribution in [2.45, 2.75) is 65.7 Å². The Bertz CT molecular complexity index is 683. The van der Waals surface area contributed by atoms with Gasteiger partial charge < -0.3 is 9.47 Å². The molecule has 0 saturated carbocycles. The van der Waals surface area contributed by atoms with Crippen LogP contribution in [0.5, 0.6) is 11.5 Å². The third-order valence-corrected chi connectivity index (χ3v) is 5.36. The average molecular weight is 328 g/mol. The largest absolute Gasteiger partial charge is 0.453 e. The van der Waals surface area contributed by atoms with E-state index in [0.717, 1.165) is 35.5 Å². The van der Waals surface area contributed by atoms with Gasteiger partial charge in [0, 0.05) is 12.0 Å². The zero-order valence-corrected chi connectivity index (χ0v) is 15.4. The Morgan fingerprint density at radius 2 is 2.00 bits per heavy atom. The van der Waals surface area contributed by atoms with Crippen LogP contribution in [-0.4, -0.2) is 12.6 Å². The van der Waals surface area contributed by atoms with Gasteiger partial charge in [-0.2, -0.15) is 0 Å². The first-order valence-electron chi connectivity index (χ1n) is 8.99. The number of ether oxygens (including phenoxy) is 2. The molecule has 2 aliphatic rings. The van der Waals surface area contributed by atoms with Gasteiger partial charge in [-0.3, -0.25) is 4.79 Å². The van der Waals surface area contributed by atoms with E-state index in [9.17, 15) is 4.79 Å². The molecule has 0 fully saturated rings. The Morgan fingerprint density at radius 1 is 1.29 bits per heavy atom. The van der Waals surface area contributed by atoms with E-state index in [1.54, 1.807) is 6.08 Å². The van der Waals surface area contributed by atoms with E-state index in [1.165, 1.54) is 11.1 Å². The lowest BCUT2D eigenvalue weighted by Crippen LogP contribution is -2.21. The van der Waals surface area contributed by atoms with E-state index in [0.29, 0.717) is 31.0 Å². The monoisotopic (exact) mass is 328 g/mol. The van der Waals surface area contributed by atoms with Crippen LogP contribution >= 0.6 is 0 Å². The second-order valence-corrected chi connectivity index (χ2v) is 7.72. The smallest absolute Gasteiger partial charge is 0.231 e. The zero-order chi connectivity index (χ0) is 17.4. The second kappa shape index (κ2) is 6.62. The number of carbonyl (C=O) groups is 1. The number of carbonyl (C=O) groups excluding carboxylic acids is 1. The molecule has 24 heavy (non-hydrogen) atoms. The quantitative estimate of drug-likeness (QED) is 0.707. The van der Waals surface area contributed by atoms with Crippen molar-refractivity contribution in [1.82, 2.24) is 0 Å². The molecule has 3 heteroatoms. The van der Waals surface area contributed by atoms with Crippen LogP contribution in [0.4, 0.5) is 0 Å². The van der Waals surface area contributed by atoms with Gasteiger partial charge >= 0.3 is 0 Å². The van der Waals surface area contributed by atoms with Gasteiger partial charge in [-0.15, -0.1) is 0 Å². The summed E-state index contributed by atoms with van der Waals surface area (Å²) in [5.41, 5.74) is 4.89. The van der Waals surface area contributed by atoms with Gasteiger partial charge in [0.25, 0.3) is 0 Å². The standard InChI is InChI=1S/C21H28O3/c1-12(2)8-16(22)9-14(4)17-7-6-13(3)19-18(17)10-15(5)20-21(19)24-11-23-20/h8,10,13-14,17H,6-7,9,11H2,1-5H3. The van der Waals surface area contributed by atoms with Crippen molar-refractivity contribution in [3.05, 3.63) is 34.4 Å². The van der Waals surface area contributed by atoms with E-state index < -0.39 is 0 Å². The maximum absolute atomic E-state index is 12.2. The first-order chi connectivity index (χ1) is 11.4. The predicted octanol–water partition coefficient (Wildman–Crippen LogP) is 5.27. The maximum atomic E-state index is 12.2. The predicted molar refractivity (Wildman–Crippen MR) is 95.9 cm³/mol. The SMILES string of the molecule is CC(C)=CC(=O)CC(C)C1CCC(C)c2c1cc(C)c1c2OCO1. The average Bonchev–Trinajstić information content (AvgIpc) is 2.96. The highest BCUT2D eigenvalue weighted by molar-refractivity contribution is 5.90. The molecule has 0 radical (unpaired) electrons. The number of hydrogen-bond acceptors (Lipinski definition) is 3. The van der Waals surface area contributed by atoms with Gasteiger partial charge in [0.15, 0.2) is 17.3 Å². The molecule has 1 aliphatic carbocycles. The molecule has 1 aromatic rings. The number of rotatable bonds is 4. The Kier molecular flexibility index (Phi) is 4.71. The highest BCUT2D eigenvalue weighted by atomic mass is 16.7. The van der Waals surface area contributed by atoms with Crippen LogP contribution in [-0.2, 0) is 4.79 Å². The number of fused-ring (bicyclic) bond motifs is 3. The third-order valence-electron chi connectivity index (χ3n) is 5.36. The van der Waals surface area contributed by atoms with E-state index in [2.05, 4.69) is 26.8 Å². The molecule has 3 rings (SSSR count). The van der Waals surface area contributed by atoms with Gasteiger partial charge in [0.1, 0.15) is 0 Å². The normalized spacial score (nSPS) is 22.7. The molecule has 0 amide bonds. The minimum Gasteiger partial charge on any atom is -0.453 e. The summed E-state index contributed by atoms with van der Waals surface area (Å²) in [5, 5.41) is 0. The lowest BCUT2D eigenvalue weighted by molar-refractivity contribution is -0.115. The molecule has 3 nitrogen and oxygen atoms in total. The van der Waals surface area contributed by atoms with Crippen LogP contribution in [0.3, 0.4) is 0 Å². The number of hydrogen-bond donors (Lipinski definition) is 0. The fraction of sp³-hybridized carbons (Fsp3) is 0.571. The van der Waals surface area contributed by atoms with Crippen LogP contribution in [0.15, 0.2) is 17.7 Å². The molecule has 0 saturated heterocycles. The van der Waals surface area contributed by atoms with Gasteiger partial charge in [-0.05, 0) is 68.6 Å². The third kappa shape index (κ3) is 3.09. The Hall–Kier alpha value is -1.77. The van der Waals surface area contributed by atoms with Crippen LogP contribution in [0.25, 0.3) is 0 Å². The van der Waals surface area contributed by atoms with E-state index in [1.807, 2.05) is 13.8 Å². The van der Waals surface area contributed by atoms with Crippen LogP contribution in [0, 0.1) is 12.8 Å². The van der Waals surface area contributed by atoms with Crippen LogP contribution in [0.1, 0.15) is 75.5 Å². The molecule has 3 unspecified atom stereocenters. The highest BCUT2D eigenvalue weighted by Gasteiger charge is 2.35.